The molecule has 1 rings (SSSR count). The molecule has 5 heteroatoms. The topological polar surface area (TPSA) is 69.4 Å². The molecule has 0 aliphatic carbocycles. The van der Waals surface area contributed by atoms with E-state index in [1.165, 1.54) is 7.11 Å². The maximum atomic E-state index is 12.1. The highest BCUT2D eigenvalue weighted by molar-refractivity contribution is 7.90. The van der Waals surface area contributed by atoms with Crippen LogP contribution in [-0.2, 0) is 15.6 Å². The third-order valence-corrected chi connectivity index (χ3v) is 4.34. The van der Waals surface area contributed by atoms with Gasteiger partial charge < -0.3 is 10.5 Å². The van der Waals surface area contributed by atoms with Crippen molar-refractivity contribution < 1.29 is 13.2 Å². The molecule has 1 aromatic rings. The first-order valence-corrected chi connectivity index (χ1v) is 7.58. The Morgan fingerprint density at radius 2 is 1.94 bits per heavy atom. The van der Waals surface area contributed by atoms with E-state index >= 15 is 0 Å². The van der Waals surface area contributed by atoms with E-state index in [2.05, 4.69) is 0 Å². The van der Waals surface area contributed by atoms with Crippen LogP contribution in [-0.4, -0.2) is 26.8 Å². The van der Waals surface area contributed by atoms with Crippen LogP contribution < -0.4 is 10.5 Å². The van der Waals surface area contributed by atoms with Crippen LogP contribution in [0.25, 0.3) is 0 Å². The fraction of sp³-hybridized carbons (Fsp3) is 0.538. The van der Waals surface area contributed by atoms with Gasteiger partial charge in [0.1, 0.15) is 5.75 Å². The van der Waals surface area contributed by atoms with Crippen molar-refractivity contribution >= 4 is 9.84 Å². The van der Waals surface area contributed by atoms with Crippen LogP contribution in [0.1, 0.15) is 25.0 Å². The van der Waals surface area contributed by atoms with E-state index in [4.69, 9.17) is 10.5 Å². The summed E-state index contributed by atoms with van der Waals surface area (Å²) in [6.45, 7) is 5.33. The summed E-state index contributed by atoms with van der Waals surface area (Å²) < 4.78 is 29.3. The molecule has 0 radical (unpaired) electrons. The molecule has 0 fully saturated rings. The standard InChI is InChI=1S/C13H21NO3S/c1-10-5-6-12(17-4)11(7-10)8-18(15,16)9-13(2,3)14/h5-7H,8-9,14H2,1-4H3. The molecule has 0 heterocycles. The molecular weight excluding hydrogens is 250 g/mol. The van der Waals surface area contributed by atoms with Gasteiger partial charge in [-0.15, -0.1) is 0 Å². The number of rotatable bonds is 5. The molecule has 0 atom stereocenters. The van der Waals surface area contributed by atoms with Gasteiger partial charge in [-0.2, -0.15) is 0 Å². The Hall–Kier alpha value is -1.07. The number of hydrogen-bond acceptors (Lipinski definition) is 4. The van der Waals surface area contributed by atoms with Gasteiger partial charge in [-0.25, -0.2) is 8.42 Å². The summed E-state index contributed by atoms with van der Waals surface area (Å²) in [4.78, 5) is 0. The van der Waals surface area contributed by atoms with E-state index in [0.717, 1.165) is 5.56 Å². The third-order valence-electron chi connectivity index (χ3n) is 2.40. The highest BCUT2D eigenvalue weighted by Gasteiger charge is 2.23. The van der Waals surface area contributed by atoms with Crippen molar-refractivity contribution in [1.82, 2.24) is 0 Å². The zero-order valence-corrected chi connectivity index (χ0v) is 12.2. The minimum Gasteiger partial charge on any atom is -0.496 e. The second-order valence-electron chi connectivity index (χ2n) is 5.34. The van der Waals surface area contributed by atoms with E-state index in [1.54, 1.807) is 19.9 Å². The minimum atomic E-state index is -3.25. The number of hydrogen-bond donors (Lipinski definition) is 1. The smallest absolute Gasteiger partial charge is 0.156 e. The molecule has 4 nitrogen and oxygen atoms in total. The Kier molecular flexibility index (Phi) is 4.40. The summed E-state index contributed by atoms with van der Waals surface area (Å²) in [5, 5.41) is 0. The minimum absolute atomic E-state index is 0.0432. The van der Waals surface area contributed by atoms with Crippen LogP contribution in [0.2, 0.25) is 0 Å². The molecule has 0 amide bonds. The van der Waals surface area contributed by atoms with Crippen LogP contribution in [0.3, 0.4) is 0 Å². The molecule has 102 valence electrons. The van der Waals surface area contributed by atoms with Crippen LogP contribution in [0, 0.1) is 6.92 Å². The molecule has 1 aromatic carbocycles. The van der Waals surface area contributed by atoms with E-state index in [-0.39, 0.29) is 11.5 Å². The Balaban J connectivity index is 3.00. The molecule has 18 heavy (non-hydrogen) atoms. The summed E-state index contributed by atoms with van der Waals surface area (Å²) >= 11 is 0. The van der Waals surface area contributed by atoms with Crippen molar-refractivity contribution in [2.75, 3.05) is 12.9 Å². The van der Waals surface area contributed by atoms with Crippen LogP contribution in [0.5, 0.6) is 5.75 Å². The van der Waals surface area contributed by atoms with E-state index in [0.29, 0.717) is 11.3 Å². The predicted molar refractivity (Wildman–Crippen MR) is 73.5 cm³/mol. The molecule has 0 aromatic heterocycles. The first-order valence-electron chi connectivity index (χ1n) is 5.76. The molecule has 0 aliphatic rings. The van der Waals surface area contributed by atoms with Gasteiger partial charge in [-0.05, 0) is 26.8 Å². The first kappa shape index (κ1) is 15.0. The highest BCUT2D eigenvalue weighted by Crippen LogP contribution is 2.23. The zero-order chi connectivity index (χ0) is 14.0. The monoisotopic (exact) mass is 271 g/mol. The maximum Gasteiger partial charge on any atom is 0.156 e. The first-order chi connectivity index (χ1) is 8.13. The van der Waals surface area contributed by atoms with E-state index in [9.17, 15) is 8.42 Å². The number of benzene rings is 1. The fourth-order valence-corrected chi connectivity index (χ4v) is 3.81. The molecule has 0 saturated carbocycles. The van der Waals surface area contributed by atoms with Crippen molar-refractivity contribution in [3.05, 3.63) is 29.3 Å². The summed E-state index contributed by atoms with van der Waals surface area (Å²) in [7, 11) is -1.71. The van der Waals surface area contributed by atoms with Gasteiger partial charge in [-0.1, -0.05) is 17.7 Å². The van der Waals surface area contributed by atoms with Gasteiger partial charge in [0.15, 0.2) is 9.84 Å². The molecule has 0 spiro atoms. The molecule has 0 aliphatic heterocycles. The van der Waals surface area contributed by atoms with Crippen molar-refractivity contribution in [1.29, 1.82) is 0 Å². The number of sulfone groups is 1. The summed E-state index contributed by atoms with van der Waals surface area (Å²) in [5.74, 6) is 0.509. The lowest BCUT2D eigenvalue weighted by atomic mass is 10.1. The number of methoxy groups -OCH3 is 1. The molecule has 0 unspecified atom stereocenters. The Morgan fingerprint density at radius 1 is 1.33 bits per heavy atom. The molecular formula is C13H21NO3S. The molecule has 0 bridgehead atoms. The molecule has 0 saturated heterocycles. The average Bonchev–Trinajstić information content (AvgIpc) is 2.13. The second kappa shape index (κ2) is 5.28. The van der Waals surface area contributed by atoms with Crippen molar-refractivity contribution in [3.63, 3.8) is 0 Å². The van der Waals surface area contributed by atoms with Crippen molar-refractivity contribution in [2.24, 2.45) is 5.73 Å². The summed E-state index contributed by atoms with van der Waals surface area (Å²) in [6.07, 6.45) is 0. The second-order valence-corrected chi connectivity index (χ2v) is 7.40. The summed E-state index contributed by atoms with van der Waals surface area (Å²) in [5.41, 5.74) is 6.73. The Bertz CT molecular complexity index is 516. The van der Waals surface area contributed by atoms with Gasteiger partial charge >= 0.3 is 0 Å². The van der Waals surface area contributed by atoms with Gasteiger partial charge in [-0.3, -0.25) is 0 Å². The van der Waals surface area contributed by atoms with Gasteiger partial charge in [0.25, 0.3) is 0 Å². The highest BCUT2D eigenvalue weighted by atomic mass is 32.2. The van der Waals surface area contributed by atoms with Gasteiger partial charge in [0.2, 0.25) is 0 Å². The normalized spacial score (nSPS) is 12.5. The van der Waals surface area contributed by atoms with Crippen LogP contribution >= 0.6 is 0 Å². The maximum absolute atomic E-state index is 12.1. The fourth-order valence-electron chi connectivity index (χ4n) is 1.87. The number of aryl methyl sites for hydroxylation is 1. The van der Waals surface area contributed by atoms with Crippen LogP contribution in [0.4, 0.5) is 0 Å². The largest absolute Gasteiger partial charge is 0.496 e. The Labute approximate surface area is 109 Å². The zero-order valence-electron chi connectivity index (χ0n) is 11.4. The quantitative estimate of drug-likeness (QED) is 0.884. The average molecular weight is 271 g/mol. The number of ether oxygens (including phenoxy) is 1. The third kappa shape index (κ3) is 4.66. The predicted octanol–water partition coefficient (Wildman–Crippen LogP) is 1.66. The number of nitrogens with two attached hydrogens (primary N) is 1. The van der Waals surface area contributed by atoms with Gasteiger partial charge in [0.05, 0.1) is 18.6 Å². The van der Waals surface area contributed by atoms with E-state index in [1.807, 2.05) is 19.1 Å². The lowest BCUT2D eigenvalue weighted by Crippen LogP contribution is -2.40. The lowest BCUT2D eigenvalue weighted by Gasteiger charge is -2.19. The van der Waals surface area contributed by atoms with Crippen molar-refractivity contribution in [3.8, 4) is 5.75 Å². The molecule has 2 N–H and O–H groups in total. The lowest BCUT2D eigenvalue weighted by molar-refractivity contribution is 0.410. The van der Waals surface area contributed by atoms with E-state index < -0.39 is 15.4 Å². The van der Waals surface area contributed by atoms with Crippen molar-refractivity contribution in [2.45, 2.75) is 32.1 Å². The SMILES string of the molecule is COc1ccc(C)cc1CS(=O)(=O)CC(C)(C)N. The summed E-state index contributed by atoms with van der Waals surface area (Å²) in [6, 6.07) is 5.51. The van der Waals surface area contributed by atoms with Crippen LogP contribution in [0.15, 0.2) is 18.2 Å². The van der Waals surface area contributed by atoms with Gasteiger partial charge in [0, 0.05) is 11.1 Å². The Morgan fingerprint density at radius 3 is 2.44 bits per heavy atom.